The Labute approximate surface area is 104 Å². The molecule has 0 aliphatic carbocycles. The van der Waals surface area contributed by atoms with Gasteiger partial charge in [-0.1, -0.05) is 30.3 Å². The normalized spacial score (nSPS) is 11.0. The van der Waals surface area contributed by atoms with E-state index >= 15 is 0 Å². The molecule has 96 valence electrons. The lowest BCUT2D eigenvalue weighted by Crippen LogP contribution is -2.38. The smallest absolute Gasteiger partial charge is 0.356 e. The number of rotatable bonds is 9. The van der Waals surface area contributed by atoms with Crippen molar-refractivity contribution in [2.24, 2.45) is 0 Å². The second kappa shape index (κ2) is 9.32. The maximum Gasteiger partial charge on any atom is 0.356 e. The Balaban J connectivity index is 2.46. The lowest BCUT2D eigenvalue weighted by molar-refractivity contribution is 0.104. The van der Waals surface area contributed by atoms with Gasteiger partial charge in [-0.05, 0) is 5.19 Å². The molecule has 0 N–H and O–H groups in total. The first-order valence-electron chi connectivity index (χ1n) is 5.64. The van der Waals surface area contributed by atoms with Crippen molar-refractivity contribution in [3.8, 4) is 0 Å². The maximum atomic E-state index is 5.75. The minimum Gasteiger partial charge on any atom is -0.391 e. The van der Waals surface area contributed by atoms with Gasteiger partial charge in [-0.2, -0.15) is 0 Å². The number of hydrogen-bond donors (Lipinski definition) is 0. The van der Waals surface area contributed by atoms with Crippen LogP contribution < -0.4 is 5.19 Å². The van der Waals surface area contributed by atoms with Crippen molar-refractivity contribution in [1.29, 1.82) is 0 Å². The highest BCUT2D eigenvalue weighted by Gasteiger charge is 2.15. The summed E-state index contributed by atoms with van der Waals surface area (Å²) in [5.74, 6) is 0. The molecule has 0 aliphatic heterocycles. The third-order valence-corrected chi connectivity index (χ3v) is 4.19. The molecule has 0 bridgehead atoms. The summed E-state index contributed by atoms with van der Waals surface area (Å²) in [5, 5.41) is 1.14. The van der Waals surface area contributed by atoms with E-state index in [1.807, 2.05) is 30.3 Å². The van der Waals surface area contributed by atoms with E-state index in [4.69, 9.17) is 18.3 Å². The third-order valence-electron chi connectivity index (χ3n) is 2.19. The summed E-state index contributed by atoms with van der Waals surface area (Å²) >= 11 is 0. The van der Waals surface area contributed by atoms with Crippen LogP contribution in [-0.4, -0.2) is 49.9 Å². The molecule has 0 atom stereocenters. The molecule has 1 aromatic carbocycles. The van der Waals surface area contributed by atoms with E-state index in [1.165, 1.54) is 0 Å². The van der Waals surface area contributed by atoms with Gasteiger partial charge in [0.15, 0.2) is 0 Å². The summed E-state index contributed by atoms with van der Waals surface area (Å²) in [7, 11) is 1.51. The minimum atomic E-state index is -1.82. The summed E-state index contributed by atoms with van der Waals surface area (Å²) < 4.78 is 21.4. The van der Waals surface area contributed by atoms with Gasteiger partial charge in [-0.3, -0.25) is 0 Å². The Morgan fingerprint density at radius 1 is 0.824 bits per heavy atom. The van der Waals surface area contributed by atoms with Gasteiger partial charge in [0.25, 0.3) is 0 Å². The zero-order valence-electron chi connectivity index (χ0n) is 10.4. The summed E-state index contributed by atoms with van der Waals surface area (Å²) in [6.45, 7) is 2.30. The molecular weight excluding hydrogens is 236 g/mol. The SMILES string of the molecule is COCCO[SiH](OCCOC)c1ccccc1. The minimum absolute atomic E-state index is 0.565. The third kappa shape index (κ3) is 5.95. The molecule has 4 nitrogen and oxygen atoms in total. The zero-order chi connectivity index (χ0) is 12.3. The van der Waals surface area contributed by atoms with Gasteiger partial charge in [0.2, 0.25) is 0 Å². The van der Waals surface area contributed by atoms with Crippen molar-refractivity contribution in [3.63, 3.8) is 0 Å². The number of benzene rings is 1. The Kier molecular flexibility index (Phi) is 7.86. The molecule has 0 fully saturated rings. The monoisotopic (exact) mass is 256 g/mol. The number of ether oxygens (including phenoxy) is 2. The van der Waals surface area contributed by atoms with Gasteiger partial charge in [0, 0.05) is 14.2 Å². The highest BCUT2D eigenvalue weighted by Crippen LogP contribution is 1.94. The molecule has 0 aromatic heterocycles. The van der Waals surface area contributed by atoms with Crippen LogP contribution in [0.25, 0.3) is 0 Å². The Bertz CT molecular complexity index is 271. The molecule has 0 heterocycles. The molecule has 17 heavy (non-hydrogen) atoms. The van der Waals surface area contributed by atoms with E-state index < -0.39 is 9.28 Å². The summed E-state index contributed by atoms with van der Waals surface area (Å²) in [4.78, 5) is 0. The number of hydrogen-bond acceptors (Lipinski definition) is 4. The first-order chi connectivity index (χ1) is 8.38. The summed E-state index contributed by atoms with van der Waals surface area (Å²) in [5.41, 5.74) is 0. The first-order valence-corrected chi connectivity index (χ1v) is 7.16. The molecule has 0 saturated heterocycles. The molecule has 0 spiro atoms. The second-order valence-corrected chi connectivity index (χ2v) is 5.47. The van der Waals surface area contributed by atoms with Crippen LogP contribution in [0.15, 0.2) is 30.3 Å². The van der Waals surface area contributed by atoms with Crippen LogP contribution in [0, 0.1) is 0 Å². The molecular formula is C12H20O4Si. The van der Waals surface area contributed by atoms with Crippen LogP contribution in [0.2, 0.25) is 0 Å². The van der Waals surface area contributed by atoms with Gasteiger partial charge >= 0.3 is 9.28 Å². The molecule has 0 radical (unpaired) electrons. The highest BCUT2D eigenvalue weighted by molar-refractivity contribution is 6.61. The zero-order valence-corrected chi connectivity index (χ0v) is 11.6. The molecule has 0 saturated carbocycles. The lowest BCUT2D eigenvalue weighted by atomic mass is 10.4. The fourth-order valence-corrected chi connectivity index (χ4v) is 2.97. The molecule has 5 heteroatoms. The molecule has 0 amide bonds. The van der Waals surface area contributed by atoms with Crippen molar-refractivity contribution in [1.82, 2.24) is 0 Å². The van der Waals surface area contributed by atoms with Crippen molar-refractivity contribution in [2.75, 3.05) is 40.6 Å². The van der Waals surface area contributed by atoms with Gasteiger partial charge < -0.3 is 18.3 Å². The van der Waals surface area contributed by atoms with Crippen LogP contribution in [0.4, 0.5) is 0 Å². The first kappa shape index (κ1) is 14.3. The van der Waals surface area contributed by atoms with Crippen LogP contribution >= 0.6 is 0 Å². The quantitative estimate of drug-likeness (QED) is 0.474. The van der Waals surface area contributed by atoms with Crippen LogP contribution in [0.1, 0.15) is 0 Å². The van der Waals surface area contributed by atoms with Crippen molar-refractivity contribution >= 4 is 14.5 Å². The van der Waals surface area contributed by atoms with Crippen molar-refractivity contribution in [3.05, 3.63) is 30.3 Å². The van der Waals surface area contributed by atoms with Crippen LogP contribution in [0.5, 0.6) is 0 Å². The Morgan fingerprint density at radius 3 is 1.82 bits per heavy atom. The number of methoxy groups -OCH3 is 2. The maximum absolute atomic E-state index is 5.75. The Morgan fingerprint density at radius 2 is 1.35 bits per heavy atom. The van der Waals surface area contributed by atoms with E-state index in [0.717, 1.165) is 5.19 Å². The molecule has 0 unspecified atom stereocenters. The van der Waals surface area contributed by atoms with E-state index in [9.17, 15) is 0 Å². The summed E-state index contributed by atoms with van der Waals surface area (Å²) in [6.07, 6.45) is 0. The van der Waals surface area contributed by atoms with Gasteiger partial charge in [0.05, 0.1) is 26.4 Å². The highest BCUT2D eigenvalue weighted by atomic mass is 28.3. The largest absolute Gasteiger partial charge is 0.391 e. The summed E-state index contributed by atoms with van der Waals surface area (Å²) in [6, 6.07) is 10.1. The van der Waals surface area contributed by atoms with E-state index in [2.05, 4.69) is 0 Å². The fraction of sp³-hybridized carbons (Fsp3) is 0.500. The molecule has 1 rings (SSSR count). The van der Waals surface area contributed by atoms with Crippen molar-refractivity contribution < 1.29 is 18.3 Å². The van der Waals surface area contributed by atoms with Gasteiger partial charge in [-0.15, -0.1) is 0 Å². The lowest BCUT2D eigenvalue weighted by Gasteiger charge is -2.16. The van der Waals surface area contributed by atoms with Gasteiger partial charge in [-0.25, -0.2) is 0 Å². The topological polar surface area (TPSA) is 36.9 Å². The van der Waals surface area contributed by atoms with Crippen molar-refractivity contribution in [2.45, 2.75) is 0 Å². The van der Waals surface area contributed by atoms with Crippen LogP contribution in [-0.2, 0) is 18.3 Å². The fourth-order valence-electron chi connectivity index (χ4n) is 1.33. The average molecular weight is 256 g/mol. The second-order valence-electron chi connectivity index (χ2n) is 3.47. The average Bonchev–Trinajstić information content (AvgIpc) is 2.38. The van der Waals surface area contributed by atoms with E-state index in [0.29, 0.717) is 26.4 Å². The standard InChI is InChI=1S/C12H20O4Si/c1-13-8-10-15-17(16-11-9-14-2)12-6-4-3-5-7-12/h3-7,17H,8-11H2,1-2H3. The van der Waals surface area contributed by atoms with Crippen LogP contribution in [0.3, 0.4) is 0 Å². The van der Waals surface area contributed by atoms with Gasteiger partial charge in [0.1, 0.15) is 0 Å². The predicted molar refractivity (Wildman–Crippen MR) is 68.9 cm³/mol. The van der Waals surface area contributed by atoms with E-state index in [1.54, 1.807) is 14.2 Å². The van der Waals surface area contributed by atoms with E-state index in [-0.39, 0.29) is 0 Å². The Hall–Kier alpha value is -0.723. The predicted octanol–water partition coefficient (Wildman–Crippen LogP) is 0.440. The molecule has 1 aromatic rings. The molecule has 0 aliphatic rings.